The van der Waals surface area contributed by atoms with E-state index < -0.39 is 35.6 Å². The van der Waals surface area contributed by atoms with Gasteiger partial charge in [0, 0.05) is 10.9 Å². The van der Waals surface area contributed by atoms with Crippen molar-refractivity contribution in [2.75, 3.05) is 14.2 Å². The highest BCUT2D eigenvalue weighted by Crippen LogP contribution is 2.33. The molecule has 10 heteroatoms. The topological polar surface area (TPSA) is 94.6 Å². The number of ketones is 1. The smallest absolute Gasteiger partial charge is 0.433 e. The van der Waals surface area contributed by atoms with Gasteiger partial charge in [-0.05, 0) is 31.2 Å². The summed E-state index contributed by atoms with van der Waals surface area (Å²) in [6.07, 6.45) is -4.68. The Bertz CT molecular complexity index is 911. The molecule has 27 heavy (non-hydrogen) atoms. The van der Waals surface area contributed by atoms with Gasteiger partial charge in [0.25, 0.3) is 5.91 Å². The molecule has 0 saturated carbocycles. The van der Waals surface area contributed by atoms with Crippen LogP contribution in [0.1, 0.15) is 23.0 Å². The Kier molecular flexibility index (Phi) is 5.67. The molecule has 0 saturated heterocycles. The zero-order chi connectivity index (χ0) is 20.4. The number of pyridine rings is 1. The van der Waals surface area contributed by atoms with Gasteiger partial charge in [0.05, 0.1) is 14.2 Å². The summed E-state index contributed by atoms with van der Waals surface area (Å²) in [7, 11) is 2.30. The van der Waals surface area contributed by atoms with Crippen molar-refractivity contribution in [1.82, 2.24) is 10.3 Å². The zero-order valence-corrected chi connectivity index (χ0v) is 14.5. The van der Waals surface area contributed by atoms with Crippen LogP contribution in [0.4, 0.5) is 13.2 Å². The monoisotopic (exact) mass is 384 g/mol. The Labute approximate surface area is 151 Å². The van der Waals surface area contributed by atoms with Gasteiger partial charge in [-0.25, -0.2) is 9.78 Å². The third kappa shape index (κ3) is 4.15. The lowest BCUT2D eigenvalue weighted by atomic mass is 10.1. The van der Waals surface area contributed by atoms with E-state index >= 15 is 0 Å². The molecule has 0 fully saturated rings. The number of benzene rings is 1. The number of hydrogen-bond donors (Lipinski definition) is 1. The standard InChI is InChI=1S/C17H15F3N2O5/c1-8(23)13(16(25)27-3)22-15(24)10-4-6-11(26-2)14-9(10)5-7-12(21-14)17(18,19)20/h4-7,13H,1-3H3,(H,22,24). The number of esters is 1. The van der Waals surface area contributed by atoms with Crippen molar-refractivity contribution in [3.8, 4) is 5.75 Å². The molecule has 1 heterocycles. The molecule has 0 bridgehead atoms. The van der Waals surface area contributed by atoms with Gasteiger partial charge in [-0.15, -0.1) is 0 Å². The largest absolute Gasteiger partial charge is 0.494 e. The molecule has 0 aliphatic carbocycles. The highest BCUT2D eigenvalue weighted by Gasteiger charge is 2.33. The van der Waals surface area contributed by atoms with Crippen LogP contribution in [-0.2, 0) is 20.5 Å². The number of fused-ring (bicyclic) bond motifs is 1. The fourth-order valence-electron chi connectivity index (χ4n) is 2.37. The van der Waals surface area contributed by atoms with E-state index in [1.165, 1.54) is 19.2 Å². The van der Waals surface area contributed by atoms with Crippen LogP contribution in [0.15, 0.2) is 24.3 Å². The summed E-state index contributed by atoms with van der Waals surface area (Å²) >= 11 is 0. The maximum absolute atomic E-state index is 12.9. The number of aromatic nitrogens is 1. The molecule has 1 aromatic carbocycles. The van der Waals surface area contributed by atoms with Crippen LogP contribution in [0.25, 0.3) is 10.9 Å². The number of alkyl halides is 3. The predicted octanol–water partition coefficient (Wildman–Crippen LogP) is 2.12. The molecule has 1 amide bonds. The van der Waals surface area contributed by atoms with Crippen molar-refractivity contribution in [2.24, 2.45) is 0 Å². The summed E-state index contributed by atoms with van der Waals surface area (Å²) in [5.74, 6) is -2.45. The second-order valence-electron chi connectivity index (χ2n) is 5.45. The minimum atomic E-state index is -4.68. The molecule has 7 nitrogen and oxygen atoms in total. The Morgan fingerprint density at radius 2 is 1.78 bits per heavy atom. The maximum Gasteiger partial charge on any atom is 0.433 e. The lowest BCUT2D eigenvalue weighted by Gasteiger charge is -2.16. The number of halogens is 3. The number of Topliss-reactive ketones (excluding diaryl/α,β-unsaturated/α-hetero) is 1. The number of nitrogens with one attached hydrogen (secondary N) is 1. The van der Waals surface area contributed by atoms with Crippen LogP contribution in [0, 0.1) is 0 Å². The van der Waals surface area contributed by atoms with Crippen molar-refractivity contribution < 1.29 is 37.0 Å². The van der Waals surface area contributed by atoms with E-state index in [4.69, 9.17) is 4.74 Å². The van der Waals surface area contributed by atoms with Crippen LogP contribution in [0.2, 0.25) is 0 Å². The maximum atomic E-state index is 12.9. The Hall–Kier alpha value is -3.17. The summed E-state index contributed by atoms with van der Waals surface area (Å²) in [4.78, 5) is 39.2. The van der Waals surface area contributed by atoms with E-state index in [9.17, 15) is 27.6 Å². The molecular weight excluding hydrogens is 369 g/mol. The van der Waals surface area contributed by atoms with Crippen LogP contribution < -0.4 is 10.1 Å². The minimum absolute atomic E-state index is 0.0312. The molecular formula is C17H15F3N2O5. The number of carbonyl (C=O) groups excluding carboxylic acids is 3. The van der Waals surface area contributed by atoms with Crippen LogP contribution in [0.5, 0.6) is 5.75 Å². The van der Waals surface area contributed by atoms with E-state index in [0.29, 0.717) is 0 Å². The third-order valence-electron chi connectivity index (χ3n) is 3.69. The Morgan fingerprint density at radius 3 is 2.30 bits per heavy atom. The molecule has 1 unspecified atom stereocenters. The van der Waals surface area contributed by atoms with E-state index in [1.54, 1.807) is 0 Å². The van der Waals surface area contributed by atoms with Gasteiger partial charge in [-0.2, -0.15) is 13.2 Å². The third-order valence-corrected chi connectivity index (χ3v) is 3.69. The molecule has 1 atom stereocenters. The van der Waals surface area contributed by atoms with Crippen molar-refractivity contribution >= 4 is 28.6 Å². The summed E-state index contributed by atoms with van der Waals surface area (Å²) in [5.41, 5.74) is -1.42. The Balaban J connectivity index is 2.54. The first-order chi connectivity index (χ1) is 12.6. The second-order valence-corrected chi connectivity index (χ2v) is 5.45. The summed E-state index contributed by atoms with van der Waals surface area (Å²) in [6.45, 7) is 1.09. The van der Waals surface area contributed by atoms with Crippen LogP contribution >= 0.6 is 0 Å². The number of methoxy groups -OCH3 is 2. The van der Waals surface area contributed by atoms with Crippen molar-refractivity contribution in [1.29, 1.82) is 0 Å². The molecule has 0 spiro atoms. The van der Waals surface area contributed by atoms with Gasteiger partial charge in [0.1, 0.15) is 17.0 Å². The van der Waals surface area contributed by atoms with E-state index in [0.717, 1.165) is 26.2 Å². The highest BCUT2D eigenvalue weighted by atomic mass is 19.4. The van der Waals surface area contributed by atoms with Crippen LogP contribution in [-0.4, -0.2) is 42.9 Å². The van der Waals surface area contributed by atoms with Crippen molar-refractivity contribution in [3.63, 3.8) is 0 Å². The SMILES string of the molecule is COC(=O)C(NC(=O)c1ccc(OC)c2nc(C(F)(F)F)ccc12)C(C)=O. The highest BCUT2D eigenvalue weighted by molar-refractivity contribution is 6.12. The second kappa shape index (κ2) is 7.60. The first-order valence-electron chi connectivity index (χ1n) is 7.54. The predicted molar refractivity (Wildman–Crippen MR) is 87.2 cm³/mol. The average molecular weight is 384 g/mol. The molecule has 1 N–H and O–H groups in total. The Morgan fingerprint density at radius 1 is 1.11 bits per heavy atom. The van der Waals surface area contributed by atoms with Gasteiger partial charge < -0.3 is 14.8 Å². The normalized spacial score (nSPS) is 12.4. The molecule has 1 aromatic heterocycles. The number of amides is 1. The zero-order valence-electron chi connectivity index (χ0n) is 14.5. The number of hydrogen-bond acceptors (Lipinski definition) is 6. The molecule has 0 aliphatic rings. The van der Waals surface area contributed by atoms with Crippen molar-refractivity contribution in [3.05, 3.63) is 35.5 Å². The number of nitrogens with zero attached hydrogens (tertiary/aromatic N) is 1. The molecule has 0 radical (unpaired) electrons. The van der Waals surface area contributed by atoms with Gasteiger partial charge in [-0.1, -0.05) is 0 Å². The molecule has 0 aliphatic heterocycles. The van der Waals surface area contributed by atoms with E-state index in [2.05, 4.69) is 15.0 Å². The quantitative estimate of drug-likeness (QED) is 0.627. The number of ether oxygens (including phenoxy) is 2. The lowest BCUT2D eigenvalue weighted by Crippen LogP contribution is -2.46. The van der Waals surface area contributed by atoms with Gasteiger partial charge in [0.2, 0.25) is 0 Å². The fourth-order valence-corrected chi connectivity index (χ4v) is 2.37. The van der Waals surface area contributed by atoms with Gasteiger partial charge in [0.15, 0.2) is 11.8 Å². The first-order valence-corrected chi connectivity index (χ1v) is 7.54. The van der Waals surface area contributed by atoms with E-state index in [-0.39, 0.29) is 22.2 Å². The van der Waals surface area contributed by atoms with Crippen LogP contribution in [0.3, 0.4) is 0 Å². The van der Waals surface area contributed by atoms with Gasteiger partial charge >= 0.3 is 12.1 Å². The fraction of sp³-hybridized carbons (Fsp3) is 0.294. The first kappa shape index (κ1) is 20.1. The average Bonchev–Trinajstić information content (AvgIpc) is 2.62. The molecule has 2 rings (SSSR count). The minimum Gasteiger partial charge on any atom is -0.494 e. The molecule has 2 aromatic rings. The molecule has 144 valence electrons. The van der Waals surface area contributed by atoms with Gasteiger partial charge in [-0.3, -0.25) is 9.59 Å². The number of carbonyl (C=O) groups is 3. The lowest BCUT2D eigenvalue weighted by molar-refractivity contribution is -0.146. The number of rotatable bonds is 5. The summed E-state index contributed by atoms with van der Waals surface area (Å²) < 4.78 is 48.3. The summed E-state index contributed by atoms with van der Waals surface area (Å²) in [5, 5.41) is 2.27. The summed E-state index contributed by atoms with van der Waals surface area (Å²) in [6, 6.07) is 2.82. The van der Waals surface area contributed by atoms with Crippen molar-refractivity contribution in [2.45, 2.75) is 19.1 Å². The van der Waals surface area contributed by atoms with E-state index in [1.807, 2.05) is 0 Å².